The van der Waals surface area contributed by atoms with Gasteiger partial charge in [-0.2, -0.15) is 0 Å². The number of carbonyl (C=O) groups excluding carboxylic acids is 2. The molecule has 3 atom stereocenters. The maximum absolute atomic E-state index is 12.0. The minimum Gasteiger partial charge on any atom is -0.440 e. The summed E-state index contributed by atoms with van der Waals surface area (Å²) in [5.74, 6) is -0.861. The lowest BCUT2D eigenvalue weighted by Gasteiger charge is -2.45. The van der Waals surface area contributed by atoms with E-state index in [1.807, 2.05) is 6.92 Å². The number of rotatable bonds is 4. The van der Waals surface area contributed by atoms with Crippen molar-refractivity contribution < 1.29 is 18.8 Å². The highest BCUT2D eigenvalue weighted by Gasteiger charge is 2.49. The molecule has 22 heavy (non-hydrogen) atoms. The van der Waals surface area contributed by atoms with E-state index in [2.05, 4.69) is 39.2 Å². The summed E-state index contributed by atoms with van der Waals surface area (Å²) in [6.07, 6.45) is -0.855. The van der Waals surface area contributed by atoms with Gasteiger partial charge in [-0.05, 0) is 45.8 Å². The number of hydrogen-bond donors (Lipinski definition) is 1. The van der Waals surface area contributed by atoms with E-state index in [0.29, 0.717) is 0 Å². The highest BCUT2D eigenvalue weighted by Crippen LogP contribution is 2.39. The Kier molecular flexibility index (Phi) is 5.19. The molecular formula is C16H31NO4Si. The molecule has 0 aromatic heterocycles. The largest absolute Gasteiger partial charge is 0.440 e. The van der Waals surface area contributed by atoms with Crippen LogP contribution in [0.1, 0.15) is 48.5 Å². The van der Waals surface area contributed by atoms with E-state index in [1.165, 1.54) is 0 Å². The molecule has 1 aliphatic rings. The number of β-lactam (4-membered cyclic amide) rings is 1. The summed E-state index contributed by atoms with van der Waals surface area (Å²) in [5, 5.41) is 2.72. The van der Waals surface area contributed by atoms with Crippen molar-refractivity contribution in [2.75, 3.05) is 0 Å². The number of amides is 1. The van der Waals surface area contributed by atoms with Crippen molar-refractivity contribution in [1.82, 2.24) is 5.32 Å². The van der Waals surface area contributed by atoms with Crippen LogP contribution in [0.15, 0.2) is 0 Å². The zero-order chi connectivity index (χ0) is 17.5. The molecule has 6 heteroatoms. The van der Waals surface area contributed by atoms with Crippen molar-refractivity contribution in [3.05, 3.63) is 0 Å². The van der Waals surface area contributed by atoms with Crippen molar-refractivity contribution in [3.63, 3.8) is 0 Å². The van der Waals surface area contributed by atoms with Crippen molar-refractivity contribution in [3.8, 4) is 0 Å². The summed E-state index contributed by atoms with van der Waals surface area (Å²) in [6.45, 7) is 18.0. The lowest BCUT2D eigenvalue weighted by molar-refractivity contribution is -0.181. The third-order valence-corrected chi connectivity index (χ3v) is 9.13. The van der Waals surface area contributed by atoms with E-state index < -0.39 is 25.9 Å². The van der Waals surface area contributed by atoms with E-state index in [0.717, 1.165) is 0 Å². The Balaban J connectivity index is 2.74. The number of hydrogen-bond acceptors (Lipinski definition) is 4. The summed E-state index contributed by atoms with van der Waals surface area (Å²) in [5.41, 5.74) is -0.589. The van der Waals surface area contributed by atoms with Crippen LogP contribution in [0.5, 0.6) is 0 Å². The van der Waals surface area contributed by atoms with Crippen LogP contribution in [0, 0.1) is 11.3 Å². The van der Waals surface area contributed by atoms with E-state index >= 15 is 0 Å². The molecule has 0 aliphatic carbocycles. The molecule has 1 rings (SSSR count). The average molecular weight is 330 g/mol. The van der Waals surface area contributed by atoms with Crippen LogP contribution in [-0.4, -0.2) is 32.5 Å². The highest BCUT2D eigenvalue weighted by atomic mass is 28.4. The SMILES string of the molecule is C[C@@H](O[Si](C)(C)C(C)(C)C)[C@H]1C(=O)N[C@@H]1OC(=O)C(C)(C)C. The molecule has 0 saturated carbocycles. The third-order valence-electron chi connectivity index (χ3n) is 4.55. The average Bonchev–Trinajstić information content (AvgIpc) is 2.23. The van der Waals surface area contributed by atoms with Crippen molar-refractivity contribution in [2.45, 2.75) is 78.9 Å². The van der Waals surface area contributed by atoms with Gasteiger partial charge in [-0.25, -0.2) is 0 Å². The second-order valence-electron chi connectivity index (χ2n) is 8.69. The fraction of sp³-hybridized carbons (Fsp3) is 0.875. The Labute approximate surface area is 135 Å². The molecule has 0 radical (unpaired) electrons. The van der Waals surface area contributed by atoms with Gasteiger partial charge in [0.1, 0.15) is 5.92 Å². The minimum absolute atomic E-state index is 0.0685. The Morgan fingerprint density at radius 3 is 2.05 bits per heavy atom. The molecule has 1 saturated heterocycles. The summed E-state index contributed by atoms with van der Waals surface area (Å²) in [7, 11) is -1.97. The topological polar surface area (TPSA) is 64.6 Å². The first-order chi connectivity index (χ1) is 9.67. The minimum atomic E-state index is -1.97. The lowest BCUT2D eigenvalue weighted by atomic mass is 9.92. The second kappa shape index (κ2) is 5.96. The van der Waals surface area contributed by atoms with Crippen molar-refractivity contribution >= 4 is 20.2 Å². The van der Waals surface area contributed by atoms with E-state index in [1.54, 1.807) is 20.8 Å². The van der Waals surface area contributed by atoms with Crippen LogP contribution >= 0.6 is 0 Å². The monoisotopic (exact) mass is 329 g/mol. The van der Waals surface area contributed by atoms with Crippen LogP contribution in [0.4, 0.5) is 0 Å². The van der Waals surface area contributed by atoms with E-state index in [4.69, 9.17) is 9.16 Å². The Hall–Kier alpha value is -0.883. The fourth-order valence-electron chi connectivity index (χ4n) is 1.94. The first-order valence-electron chi connectivity index (χ1n) is 7.86. The fourth-order valence-corrected chi connectivity index (χ4v) is 3.37. The third kappa shape index (κ3) is 4.10. The first-order valence-corrected chi connectivity index (χ1v) is 10.8. The number of ether oxygens (including phenoxy) is 1. The predicted molar refractivity (Wildman–Crippen MR) is 88.7 cm³/mol. The molecule has 1 N–H and O–H groups in total. The van der Waals surface area contributed by atoms with Gasteiger partial charge >= 0.3 is 5.97 Å². The van der Waals surface area contributed by atoms with Crippen LogP contribution in [0.25, 0.3) is 0 Å². The molecule has 0 spiro atoms. The van der Waals surface area contributed by atoms with Crippen molar-refractivity contribution in [1.29, 1.82) is 0 Å². The van der Waals surface area contributed by atoms with Gasteiger partial charge in [0.15, 0.2) is 14.5 Å². The molecule has 1 fully saturated rings. The van der Waals surface area contributed by atoms with Gasteiger partial charge in [0.2, 0.25) is 5.91 Å². The van der Waals surface area contributed by atoms with Gasteiger partial charge in [0.25, 0.3) is 0 Å². The van der Waals surface area contributed by atoms with Gasteiger partial charge in [-0.15, -0.1) is 0 Å². The Morgan fingerprint density at radius 1 is 1.18 bits per heavy atom. The number of carbonyl (C=O) groups is 2. The number of nitrogens with one attached hydrogen (secondary N) is 1. The van der Waals surface area contributed by atoms with Crippen LogP contribution in [0.2, 0.25) is 18.1 Å². The first kappa shape index (κ1) is 19.2. The summed E-state index contributed by atoms with van der Waals surface area (Å²) >= 11 is 0. The van der Waals surface area contributed by atoms with Crippen LogP contribution in [-0.2, 0) is 18.8 Å². The standard InChI is InChI=1S/C16H31NO4Si/c1-10(21-22(8,9)16(5,6)7)11-12(18)17-13(11)20-14(19)15(2,3)4/h10-11,13H,1-9H3,(H,17,18)/t10-,11+,13-/m1/s1. The van der Waals surface area contributed by atoms with Gasteiger partial charge < -0.3 is 14.5 Å². The summed E-state index contributed by atoms with van der Waals surface area (Å²) in [4.78, 5) is 23.9. The van der Waals surface area contributed by atoms with Crippen LogP contribution in [0.3, 0.4) is 0 Å². The summed E-state index contributed by atoms with van der Waals surface area (Å²) in [6, 6.07) is 0. The molecule has 0 aromatic carbocycles. The molecular weight excluding hydrogens is 298 g/mol. The Bertz CT molecular complexity index is 448. The maximum atomic E-state index is 12.0. The zero-order valence-corrected chi connectivity index (χ0v) is 16.4. The smallest absolute Gasteiger partial charge is 0.313 e. The zero-order valence-electron chi connectivity index (χ0n) is 15.4. The van der Waals surface area contributed by atoms with E-state index in [9.17, 15) is 9.59 Å². The predicted octanol–water partition coefficient (Wildman–Crippen LogP) is 3.06. The molecule has 128 valence electrons. The Morgan fingerprint density at radius 2 is 1.68 bits per heavy atom. The lowest BCUT2D eigenvalue weighted by Crippen LogP contribution is -2.65. The highest BCUT2D eigenvalue weighted by molar-refractivity contribution is 6.74. The normalized spacial score (nSPS) is 24.3. The van der Waals surface area contributed by atoms with Gasteiger partial charge in [0, 0.05) is 0 Å². The van der Waals surface area contributed by atoms with E-state index in [-0.39, 0.29) is 23.0 Å². The van der Waals surface area contributed by atoms with Crippen molar-refractivity contribution in [2.24, 2.45) is 11.3 Å². The van der Waals surface area contributed by atoms with Gasteiger partial charge in [-0.1, -0.05) is 20.8 Å². The second-order valence-corrected chi connectivity index (χ2v) is 13.4. The maximum Gasteiger partial charge on any atom is 0.313 e. The molecule has 1 heterocycles. The molecule has 5 nitrogen and oxygen atoms in total. The molecule has 1 amide bonds. The van der Waals surface area contributed by atoms with Gasteiger partial charge in [0.05, 0.1) is 11.5 Å². The van der Waals surface area contributed by atoms with Crippen LogP contribution < -0.4 is 5.32 Å². The number of esters is 1. The molecule has 0 unspecified atom stereocenters. The molecule has 0 bridgehead atoms. The molecule has 1 aliphatic heterocycles. The summed E-state index contributed by atoms with van der Waals surface area (Å²) < 4.78 is 11.7. The van der Waals surface area contributed by atoms with Gasteiger partial charge in [-0.3, -0.25) is 9.59 Å². The quantitative estimate of drug-likeness (QED) is 0.489. The molecule has 0 aromatic rings.